The minimum Gasteiger partial charge on any atom is -0.342 e. The predicted molar refractivity (Wildman–Crippen MR) is 78.1 cm³/mol. The summed E-state index contributed by atoms with van der Waals surface area (Å²) in [6.07, 6.45) is 0.905. The number of para-hydroxylation sites is 1. The molecule has 0 aliphatic carbocycles. The Bertz CT molecular complexity index is 537. The van der Waals surface area contributed by atoms with Crippen LogP contribution >= 0.6 is 0 Å². The molecule has 0 radical (unpaired) electrons. The van der Waals surface area contributed by atoms with Crippen molar-refractivity contribution >= 4 is 11.4 Å². The zero-order valence-corrected chi connectivity index (χ0v) is 11.3. The van der Waals surface area contributed by atoms with Gasteiger partial charge < -0.3 is 10.6 Å². The zero-order chi connectivity index (χ0) is 13.8. The maximum atomic E-state index is 13.7. The Morgan fingerprint density at radius 3 is 2.32 bits per heavy atom. The molecule has 0 saturated carbocycles. The highest BCUT2D eigenvalue weighted by Gasteiger charge is 2.09. The van der Waals surface area contributed by atoms with Crippen molar-refractivity contribution in [1.82, 2.24) is 0 Å². The molecule has 1 atom stereocenters. The van der Waals surface area contributed by atoms with Gasteiger partial charge >= 0.3 is 0 Å². The maximum Gasteiger partial charge on any atom is 0.146 e. The van der Waals surface area contributed by atoms with Gasteiger partial charge in [0, 0.05) is 18.8 Å². The molecular weight excluding hydrogens is 239 g/mol. The van der Waals surface area contributed by atoms with Crippen LogP contribution in [-0.2, 0) is 0 Å². The lowest BCUT2D eigenvalue weighted by atomic mass is 10.1. The second kappa shape index (κ2) is 5.85. The van der Waals surface area contributed by atoms with E-state index in [1.54, 1.807) is 12.1 Å². The van der Waals surface area contributed by atoms with Crippen molar-refractivity contribution in [3.8, 4) is 0 Å². The molecule has 2 N–H and O–H groups in total. The lowest BCUT2D eigenvalue weighted by molar-refractivity contribution is 0.627. The molecule has 100 valence electrons. The molecule has 0 spiro atoms. The van der Waals surface area contributed by atoms with E-state index >= 15 is 0 Å². The van der Waals surface area contributed by atoms with Crippen molar-refractivity contribution in [2.45, 2.75) is 19.4 Å². The fourth-order valence-electron chi connectivity index (χ4n) is 2.04. The molecule has 2 nitrogen and oxygen atoms in total. The Labute approximate surface area is 113 Å². The standard InChI is InChI=1S/C16H19FN2/c1-3-15(18)12-8-10-13(11-9-12)19(2)16-7-5-4-6-14(16)17/h4-11,15H,3,18H2,1-2H3/t15-/m0/s1. The number of halogens is 1. The van der Waals surface area contributed by atoms with E-state index in [4.69, 9.17) is 5.73 Å². The molecule has 0 unspecified atom stereocenters. The summed E-state index contributed by atoms with van der Waals surface area (Å²) in [7, 11) is 1.85. The Morgan fingerprint density at radius 1 is 1.11 bits per heavy atom. The van der Waals surface area contributed by atoms with Crippen molar-refractivity contribution < 1.29 is 4.39 Å². The van der Waals surface area contributed by atoms with Gasteiger partial charge in [-0.3, -0.25) is 0 Å². The van der Waals surface area contributed by atoms with Gasteiger partial charge in [-0.25, -0.2) is 4.39 Å². The number of anilines is 2. The minimum atomic E-state index is -0.223. The second-order valence-corrected chi connectivity index (χ2v) is 4.62. The SMILES string of the molecule is CC[C@H](N)c1ccc(N(C)c2ccccc2F)cc1. The van der Waals surface area contributed by atoms with Gasteiger partial charge in [0.2, 0.25) is 0 Å². The number of nitrogens with two attached hydrogens (primary N) is 1. The quantitative estimate of drug-likeness (QED) is 0.898. The fraction of sp³-hybridized carbons (Fsp3) is 0.250. The summed E-state index contributed by atoms with van der Waals surface area (Å²) in [6.45, 7) is 2.06. The molecule has 0 aliphatic heterocycles. The first-order valence-electron chi connectivity index (χ1n) is 6.47. The van der Waals surface area contributed by atoms with Crippen LogP contribution in [0.25, 0.3) is 0 Å². The molecular formula is C16H19FN2. The molecule has 2 rings (SSSR count). The number of nitrogens with zero attached hydrogens (tertiary/aromatic N) is 1. The molecule has 2 aromatic rings. The van der Waals surface area contributed by atoms with Crippen LogP contribution in [0.3, 0.4) is 0 Å². The first kappa shape index (κ1) is 13.6. The van der Waals surface area contributed by atoms with E-state index in [1.807, 2.05) is 42.3 Å². The fourth-order valence-corrected chi connectivity index (χ4v) is 2.04. The summed E-state index contributed by atoms with van der Waals surface area (Å²) in [5.41, 5.74) is 8.59. The highest BCUT2D eigenvalue weighted by molar-refractivity contribution is 5.63. The maximum absolute atomic E-state index is 13.7. The van der Waals surface area contributed by atoms with Crippen LogP contribution in [0.5, 0.6) is 0 Å². The van der Waals surface area contributed by atoms with E-state index < -0.39 is 0 Å². The van der Waals surface area contributed by atoms with Crippen LogP contribution in [0.4, 0.5) is 15.8 Å². The number of rotatable bonds is 4. The van der Waals surface area contributed by atoms with Crippen molar-refractivity contribution in [3.63, 3.8) is 0 Å². The van der Waals surface area contributed by atoms with Crippen LogP contribution in [0.15, 0.2) is 48.5 Å². The Balaban J connectivity index is 2.25. The van der Waals surface area contributed by atoms with Gasteiger partial charge in [0.05, 0.1) is 5.69 Å². The summed E-state index contributed by atoms with van der Waals surface area (Å²) < 4.78 is 13.7. The molecule has 0 aliphatic rings. The summed E-state index contributed by atoms with van der Waals surface area (Å²) >= 11 is 0. The molecule has 0 saturated heterocycles. The van der Waals surface area contributed by atoms with Gasteiger partial charge in [-0.1, -0.05) is 31.2 Å². The van der Waals surface area contributed by atoms with Gasteiger partial charge in [0.15, 0.2) is 0 Å². The van der Waals surface area contributed by atoms with Gasteiger partial charge in [0.1, 0.15) is 5.82 Å². The van der Waals surface area contributed by atoms with Crippen molar-refractivity contribution in [1.29, 1.82) is 0 Å². The summed E-state index contributed by atoms with van der Waals surface area (Å²) in [5, 5.41) is 0. The van der Waals surface area contributed by atoms with Gasteiger partial charge in [0.25, 0.3) is 0 Å². The first-order chi connectivity index (χ1) is 9.13. The zero-order valence-electron chi connectivity index (χ0n) is 11.3. The Hall–Kier alpha value is -1.87. The predicted octanol–water partition coefficient (Wildman–Crippen LogP) is 4.00. The van der Waals surface area contributed by atoms with Crippen molar-refractivity contribution in [2.24, 2.45) is 5.73 Å². The lowest BCUT2D eigenvalue weighted by Gasteiger charge is -2.21. The Morgan fingerprint density at radius 2 is 1.74 bits per heavy atom. The van der Waals surface area contributed by atoms with Gasteiger partial charge in [-0.05, 0) is 36.2 Å². The molecule has 3 heteroatoms. The molecule has 2 aromatic carbocycles. The highest BCUT2D eigenvalue weighted by atomic mass is 19.1. The molecule has 0 amide bonds. The summed E-state index contributed by atoms with van der Waals surface area (Å²) in [5.74, 6) is -0.223. The smallest absolute Gasteiger partial charge is 0.146 e. The first-order valence-corrected chi connectivity index (χ1v) is 6.47. The highest BCUT2D eigenvalue weighted by Crippen LogP contribution is 2.27. The normalized spacial score (nSPS) is 12.2. The second-order valence-electron chi connectivity index (χ2n) is 4.62. The molecule has 19 heavy (non-hydrogen) atoms. The van der Waals surface area contributed by atoms with E-state index in [0.29, 0.717) is 5.69 Å². The average molecular weight is 258 g/mol. The van der Waals surface area contributed by atoms with Crippen LogP contribution in [0.1, 0.15) is 24.9 Å². The largest absolute Gasteiger partial charge is 0.342 e. The van der Waals surface area contributed by atoms with Crippen molar-refractivity contribution in [2.75, 3.05) is 11.9 Å². The Kier molecular flexibility index (Phi) is 4.17. The van der Waals surface area contributed by atoms with E-state index in [2.05, 4.69) is 6.92 Å². The van der Waals surface area contributed by atoms with Gasteiger partial charge in [-0.2, -0.15) is 0 Å². The molecule has 0 fully saturated rings. The summed E-state index contributed by atoms with van der Waals surface area (Å²) in [4.78, 5) is 1.83. The van der Waals surface area contributed by atoms with Crippen LogP contribution in [0, 0.1) is 5.82 Å². The summed E-state index contributed by atoms with van der Waals surface area (Å²) in [6, 6.07) is 14.8. The van der Waals surface area contributed by atoms with Crippen LogP contribution in [0.2, 0.25) is 0 Å². The number of hydrogen-bond donors (Lipinski definition) is 1. The van der Waals surface area contributed by atoms with E-state index in [1.165, 1.54) is 6.07 Å². The van der Waals surface area contributed by atoms with E-state index in [0.717, 1.165) is 17.7 Å². The van der Waals surface area contributed by atoms with E-state index in [9.17, 15) is 4.39 Å². The molecule has 0 aromatic heterocycles. The average Bonchev–Trinajstić information content (AvgIpc) is 2.46. The third-order valence-electron chi connectivity index (χ3n) is 3.36. The monoisotopic (exact) mass is 258 g/mol. The van der Waals surface area contributed by atoms with Crippen molar-refractivity contribution in [3.05, 3.63) is 59.9 Å². The number of hydrogen-bond acceptors (Lipinski definition) is 2. The van der Waals surface area contributed by atoms with Crippen LogP contribution < -0.4 is 10.6 Å². The van der Waals surface area contributed by atoms with Crippen LogP contribution in [-0.4, -0.2) is 7.05 Å². The number of benzene rings is 2. The third kappa shape index (κ3) is 2.93. The van der Waals surface area contributed by atoms with E-state index in [-0.39, 0.29) is 11.9 Å². The molecule has 0 bridgehead atoms. The molecule has 0 heterocycles. The lowest BCUT2D eigenvalue weighted by Crippen LogP contribution is -2.12. The topological polar surface area (TPSA) is 29.3 Å². The third-order valence-corrected chi connectivity index (χ3v) is 3.36. The van der Waals surface area contributed by atoms with Gasteiger partial charge in [-0.15, -0.1) is 0 Å². The minimum absolute atomic E-state index is 0.0628.